The summed E-state index contributed by atoms with van der Waals surface area (Å²) in [5, 5.41) is 7.38. The highest BCUT2D eigenvalue weighted by atomic mass is 16.2. The molecule has 4 rings (SSSR count). The number of aromatic nitrogens is 4. The molecular formula is C21H24N6O. The topological polar surface area (TPSA) is 75.9 Å². The zero-order chi connectivity index (χ0) is 19.3. The van der Waals surface area contributed by atoms with Crippen LogP contribution in [0.4, 0.5) is 5.82 Å². The van der Waals surface area contributed by atoms with Crippen molar-refractivity contribution in [1.82, 2.24) is 25.1 Å². The zero-order valence-corrected chi connectivity index (χ0v) is 15.9. The van der Waals surface area contributed by atoms with Gasteiger partial charge < -0.3 is 10.2 Å². The largest absolute Gasteiger partial charge is 0.356 e. The van der Waals surface area contributed by atoms with Crippen LogP contribution >= 0.6 is 0 Å². The van der Waals surface area contributed by atoms with Gasteiger partial charge in [-0.15, -0.1) is 0 Å². The van der Waals surface area contributed by atoms with E-state index < -0.39 is 0 Å². The highest BCUT2D eigenvalue weighted by Gasteiger charge is 2.27. The third-order valence-corrected chi connectivity index (χ3v) is 5.15. The molecule has 3 heterocycles. The van der Waals surface area contributed by atoms with Gasteiger partial charge in [0.1, 0.15) is 12.1 Å². The van der Waals surface area contributed by atoms with Crippen LogP contribution in [0.2, 0.25) is 0 Å². The van der Waals surface area contributed by atoms with E-state index in [0.29, 0.717) is 6.54 Å². The summed E-state index contributed by atoms with van der Waals surface area (Å²) < 4.78 is 1.71. The van der Waals surface area contributed by atoms with Gasteiger partial charge in [-0.25, -0.2) is 14.6 Å². The Bertz CT molecular complexity index is 912. The number of carbonyl (C=O) groups is 1. The third kappa shape index (κ3) is 4.03. The van der Waals surface area contributed by atoms with Gasteiger partial charge in [-0.2, -0.15) is 5.10 Å². The Morgan fingerprint density at radius 3 is 2.79 bits per heavy atom. The predicted octanol–water partition coefficient (Wildman–Crippen LogP) is 2.76. The molecular weight excluding hydrogens is 352 g/mol. The van der Waals surface area contributed by atoms with Gasteiger partial charge in [-0.1, -0.05) is 30.3 Å². The lowest BCUT2D eigenvalue weighted by Gasteiger charge is -2.33. The maximum absolute atomic E-state index is 12.8. The highest BCUT2D eigenvalue weighted by Crippen LogP contribution is 2.23. The smallest absolute Gasteiger partial charge is 0.225 e. The monoisotopic (exact) mass is 376 g/mol. The van der Waals surface area contributed by atoms with Crippen molar-refractivity contribution >= 4 is 11.7 Å². The Kier molecular flexibility index (Phi) is 5.32. The minimum absolute atomic E-state index is 0.00505. The van der Waals surface area contributed by atoms with Gasteiger partial charge >= 0.3 is 0 Å². The van der Waals surface area contributed by atoms with E-state index in [1.54, 1.807) is 17.2 Å². The van der Waals surface area contributed by atoms with Crippen molar-refractivity contribution in [3.8, 4) is 5.82 Å². The Hall–Kier alpha value is -3.22. The van der Waals surface area contributed by atoms with Crippen LogP contribution in [-0.4, -0.2) is 38.7 Å². The molecule has 2 atom stereocenters. The standard InChI is InChI=1S/C21H24N6O/c1-16(17-7-3-2-4-8-17)25-21(28)18-9-5-11-26(14-18)19-13-20(23-15-22-19)27-12-6-10-24-27/h2-4,6-8,10,12-13,15-16,18H,5,9,11,14H2,1H3,(H,25,28)/t16-,18-/m0/s1. The van der Waals surface area contributed by atoms with E-state index in [1.807, 2.05) is 55.6 Å². The number of hydrogen-bond acceptors (Lipinski definition) is 5. The first-order chi connectivity index (χ1) is 13.7. The van der Waals surface area contributed by atoms with Crippen molar-refractivity contribution in [2.24, 2.45) is 5.92 Å². The Morgan fingerprint density at radius 2 is 2.00 bits per heavy atom. The molecule has 0 spiro atoms. The van der Waals surface area contributed by atoms with Crippen LogP contribution in [0, 0.1) is 5.92 Å². The normalized spacial score (nSPS) is 17.9. The van der Waals surface area contributed by atoms with E-state index in [1.165, 1.54) is 0 Å². The van der Waals surface area contributed by atoms with Crippen molar-refractivity contribution in [1.29, 1.82) is 0 Å². The zero-order valence-electron chi connectivity index (χ0n) is 15.9. The van der Waals surface area contributed by atoms with Gasteiger partial charge in [0.25, 0.3) is 0 Å². The fourth-order valence-electron chi connectivity index (χ4n) is 3.60. The number of carbonyl (C=O) groups excluding carboxylic acids is 1. The van der Waals surface area contributed by atoms with E-state index in [4.69, 9.17) is 0 Å². The molecule has 0 bridgehead atoms. The first-order valence-corrected chi connectivity index (χ1v) is 9.63. The number of benzene rings is 1. The van der Waals surface area contributed by atoms with E-state index >= 15 is 0 Å². The maximum atomic E-state index is 12.8. The second kappa shape index (κ2) is 8.21. The summed E-state index contributed by atoms with van der Waals surface area (Å²) in [6, 6.07) is 13.8. The number of hydrogen-bond donors (Lipinski definition) is 1. The van der Waals surface area contributed by atoms with E-state index in [0.717, 1.165) is 36.6 Å². The molecule has 7 nitrogen and oxygen atoms in total. The van der Waals surface area contributed by atoms with Gasteiger partial charge in [-0.3, -0.25) is 4.79 Å². The molecule has 1 fully saturated rings. The number of nitrogens with zero attached hydrogens (tertiary/aromatic N) is 5. The molecule has 1 aromatic carbocycles. The van der Waals surface area contributed by atoms with Crippen LogP contribution in [0.15, 0.2) is 61.2 Å². The van der Waals surface area contributed by atoms with Crippen molar-refractivity contribution < 1.29 is 4.79 Å². The molecule has 3 aromatic rings. The quantitative estimate of drug-likeness (QED) is 0.741. The first-order valence-electron chi connectivity index (χ1n) is 9.63. The van der Waals surface area contributed by atoms with Gasteiger partial charge in [0, 0.05) is 31.5 Å². The summed E-state index contributed by atoms with van der Waals surface area (Å²) in [6.45, 7) is 3.56. The molecule has 0 saturated carbocycles. The van der Waals surface area contributed by atoms with Crippen LogP contribution < -0.4 is 10.2 Å². The lowest BCUT2D eigenvalue weighted by Crippen LogP contribution is -2.44. The second-order valence-electron chi connectivity index (χ2n) is 7.11. The van der Waals surface area contributed by atoms with Crippen LogP contribution in [0.5, 0.6) is 0 Å². The maximum Gasteiger partial charge on any atom is 0.225 e. The molecule has 0 aliphatic carbocycles. The number of anilines is 1. The fourth-order valence-corrected chi connectivity index (χ4v) is 3.60. The Labute approximate surface area is 164 Å². The van der Waals surface area contributed by atoms with E-state index in [2.05, 4.69) is 25.3 Å². The molecule has 144 valence electrons. The summed E-state index contributed by atoms with van der Waals surface area (Å²) >= 11 is 0. The lowest BCUT2D eigenvalue weighted by atomic mass is 9.96. The molecule has 0 radical (unpaired) electrons. The Morgan fingerprint density at radius 1 is 1.18 bits per heavy atom. The highest BCUT2D eigenvalue weighted by molar-refractivity contribution is 5.80. The first kappa shape index (κ1) is 18.2. The molecule has 1 saturated heterocycles. The molecule has 7 heteroatoms. The molecule has 0 unspecified atom stereocenters. The summed E-state index contributed by atoms with van der Waals surface area (Å²) in [5.41, 5.74) is 1.11. The van der Waals surface area contributed by atoms with Crippen LogP contribution in [0.3, 0.4) is 0 Å². The lowest BCUT2D eigenvalue weighted by molar-refractivity contribution is -0.125. The van der Waals surface area contributed by atoms with Gasteiger partial charge in [0.15, 0.2) is 5.82 Å². The van der Waals surface area contributed by atoms with E-state index in [9.17, 15) is 4.79 Å². The number of amides is 1. The molecule has 1 aliphatic heterocycles. The molecule has 1 amide bonds. The predicted molar refractivity (Wildman–Crippen MR) is 107 cm³/mol. The molecule has 28 heavy (non-hydrogen) atoms. The SMILES string of the molecule is C[C@H](NC(=O)[C@H]1CCCN(c2cc(-n3cccn3)ncn2)C1)c1ccccc1. The van der Waals surface area contributed by atoms with Crippen LogP contribution in [0.1, 0.15) is 31.4 Å². The van der Waals surface area contributed by atoms with Crippen LogP contribution in [0.25, 0.3) is 5.82 Å². The van der Waals surface area contributed by atoms with Gasteiger partial charge in [0.2, 0.25) is 5.91 Å². The van der Waals surface area contributed by atoms with Gasteiger partial charge in [0.05, 0.1) is 12.0 Å². The fraction of sp³-hybridized carbons (Fsp3) is 0.333. The Balaban J connectivity index is 1.43. The van der Waals surface area contributed by atoms with Crippen molar-refractivity contribution in [2.45, 2.75) is 25.8 Å². The molecule has 1 N–H and O–H groups in total. The summed E-state index contributed by atoms with van der Waals surface area (Å²) in [5.74, 6) is 1.60. The molecule has 1 aliphatic rings. The summed E-state index contributed by atoms with van der Waals surface area (Å²) in [7, 11) is 0. The van der Waals surface area contributed by atoms with Crippen molar-refractivity contribution in [3.05, 3.63) is 66.7 Å². The minimum atomic E-state index is -0.0527. The average Bonchev–Trinajstić information content (AvgIpc) is 3.29. The summed E-state index contributed by atoms with van der Waals surface area (Å²) in [4.78, 5) is 23.7. The summed E-state index contributed by atoms with van der Waals surface area (Å²) in [6.07, 6.45) is 6.97. The number of nitrogens with one attached hydrogen (secondary N) is 1. The minimum Gasteiger partial charge on any atom is -0.356 e. The molecule has 2 aromatic heterocycles. The van der Waals surface area contributed by atoms with Crippen LogP contribution in [-0.2, 0) is 4.79 Å². The van der Waals surface area contributed by atoms with Crippen molar-refractivity contribution in [2.75, 3.05) is 18.0 Å². The number of piperidine rings is 1. The number of rotatable bonds is 5. The average molecular weight is 376 g/mol. The second-order valence-corrected chi connectivity index (χ2v) is 7.11. The van der Waals surface area contributed by atoms with Crippen molar-refractivity contribution in [3.63, 3.8) is 0 Å². The van der Waals surface area contributed by atoms with E-state index in [-0.39, 0.29) is 17.9 Å². The van der Waals surface area contributed by atoms with Gasteiger partial charge in [-0.05, 0) is 31.4 Å². The third-order valence-electron chi connectivity index (χ3n) is 5.15.